The predicted molar refractivity (Wildman–Crippen MR) is 67.3 cm³/mol. The maximum absolute atomic E-state index is 8.99. The molecule has 0 aliphatic heterocycles. The van der Waals surface area contributed by atoms with E-state index in [0.29, 0.717) is 16.8 Å². The summed E-state index contributed by atoms with van der Waals surface area (Å²) in [5.41, 5.74) is -0.213. The molecule has 0 saturated carbocycles. The summed E-state index contributed by atoms with van der Waals surface area (Å²) in [4.78, 5) is 8.47. The van der Waals surface area contributed by atoms with E-state index in [9.17, 15) is 0 Å². The van der Waals surface area contributed by atoms with Crippen LogP contribution in [0.2, 0.25) is 5.15 Å². The van der Waals surface area contributed by atoms with Gasteiger partial charge in [-0.3, -0.25) is 0 Å². The van der Waals surface area contributed by atoms with Gasteiger partial charge >= 0.3 is 0 Å². The molecular formula is C11H18ClN3O2. The van der Waals surface area contributed by atoms with Crippen LogP contribution in [0.25, 0.3) is 0 Å². The van der Waals surface area contributed by atoms with Gasteiger partial charge in [-0.25, -0.2) is 9.97 Å². The van der Waals surface area contributed by atoms with Crippen molar-refractivity contribution in [2.75, 3.05) is 18.5 Å². The molecule has 1 aromatic rings. The van der Waals surface area contributed by atoms with Crippen molar-refractivity contribution in [2.45, 2.75) is 32.2 Å². The fraction of sp³-hybridized carbons (Fsp3) is 0.636. The molecule has 17 heavy (non-hydrogen) atoms. The number of nitrogens with one attached hydrogen (secondary N) is 1. The van der Waals surface area contributed by atoms with Gasteiger partial charge in [0.25, 0.3) is 0 Å². The maximum Gasteiger partial charge on any atom is 0.137 e. The number of aliphatic hydroxyl groups excluding tert-OH is 2. The number of aliphatic hydroxyl groups is 2. The van der Waals surface area contributed by atoms with E-state index in [4.69, 9.17) is 21.8 Å². The molecule has 0 aromatic carbocycles. The Kier molecular flexibility index (Phi) is 4.68. The molecule has 0 aliphatic carbocycles. The van der Waals surface area contributed by atoms with E-state index in [-0.39, 0.29) is 18.6 Å². The number of anilines is 1. The summed E-state index contributed by atoms with van der Waals surface area (Å²) in [6.07, 6.45) is 0. The molecule has 5 nitrogen and oxygen atoms in total. The van der Waals surface area contributed by atoms with Crippen molar-refractivity contribution >= 4 is 17.4 Å². The minimum absolute atomic E-state index is 0.178. The Balaban J connectivity index is 2.97. The lowest BCUT2D eigenvalue weighted by molar-refractivity contribution is 0.203. The van der Waals surface area contributed by atoms with Crippen LogP contribution >= 0.6 is 11.6 Å². The highest BCUT2D eigenvalue weighted by Crippen LogP contribution is 2.22. The van der Waals surface area contributed by atoms with Crippen molar-refractivity contribution in [3.63, 3.8) is 0 Å². The number of aromatic nitrogens is 2. The van der Waals surface area contributed by atoms with Crippen molar-refractivity contribution in [3.05, 3.63) is 17.0 Å². The number of rotatable bonds is 4. The first-order chi connectivity index (χ1) is 7.86. The Hall–Kier alpha value is -0.910. The highest BCUT2D eigenvalue weighted by atomic mass is 35.5. The van der Waals surface area contributed by atoms with Crippen molar-refractivity contribution in [3.8, 4) is 0 Å². The fourth-order valence-electron chi connectivity index (χ4n) is 1.19. The summed E-state index contributed by atoms with van der Waals surface area (Å²) >= 11 is 5.91. The van der Waals surface area contributed by atoms with E-state index < -0.39 is 6.04 Å². The van der Waals surface area contributed by atoms with E-state index >= 15 is 0 Å². The molecule has 0 unspecified atom stereocenters. The van der Waals surface area contributed by atoms with Crippen molar-refractivity contribution in [2.24, 2.45) is 0 Å². The summed E-state index contributed by atoms with van der Waals surface area (Å²) in [6.45, 7) is 5.60. The zero-order valence-corrected chi connectivity index (χ0v) is 11.0. The lowest BCUT2D eigenvalue weighted by Crippen LogP contribution is -2.29. The van der Waals surface area contributed by atoms with Crippen LogP contribution in [-0.4, -0.2) is 39.4 Å². The quantitative estimate of drug-likeness (QED) is 0.708. The first-order valence-electron chi connectivity index (χ1n) is 5.40. The van der Waals surface area contributed by atoms with Crippen LogP contribution in [-0.2, 0) is 5.41 Å². The van der Waals surface area contributed by atoms with Gasteiger partial charge in [0.1, 0.15) is 16.8 Å². The Morgan fingerprint density at radius 2 is 1.88 bits per heavy atom. The van der Waals surface area contributed by atoms with E-state index in [1.165, 1.54) is 0 Å². The van der Waals surface area contributed by atoms with E-state index in [1.54, 1.807) is 6.07 Å². The molecule has 1 aromatic heterocycles. The highest BCUT2D eigenvalue weighted by Gasteiger charge is 2.19. The van der Waals surface area contributed by atoms with Crippen LogP contribution in [0, 0.1) is 0 Å². The van der Waals surface area contributed by atoms with Gasteiger partial charge in [0.15, 0.2) is 0 Å². The SMILES string of the molecule is CC(C)(C)c1nc(Cl)cc(NC(CO)CO)n1. The van der Waals surface area contributed by atoms with Crippen molar-refractivity contribution < 1.29 is 10.2 Å². The lowest BCUT2D eigenvalue weighted by atomic mass is 9.96. The Morgan fingerprint density at radius 3 is 2.35 bits per heavy atom. The van der Waals surface area contributed by atoms with Crippen LogP contribution in [0.15, 0.2) is 6.07 Å². The average molecular weight is 260 g/mol. The van der Waals surface area contributed by atoms with Crippen LogP contribution in [0.3, 0.4) is 0 Å². The van der Waals surface area contributed by atoms with Gasteiger partial charge in [0, 0.05) is 11.5 Å². The number of hydrogen-bond donors (Lipinski definition) is 3. The van der Waals surface area contributed by atoms with Gasteiger partial charge in [-0.15, -0.1) is 0 Å². The van der Waals surface area contributed by atoms with E-state index in [2.05, 4.69) is 15.3 Å². The summed E-state index contributed by atoms with van der Waals surface area (Å²) in [5.74, 6) is 1.12. The Morgan fingerprint density at radius 1 is 1.29 bits per heavy atom. The largest absolute Gasteiger partial charge is 0.394 e. The summed E-state index contributed by atoms with van der Waals surface area (Å²) in [6, 6.07) is 1.11. The van der Waals surface area contributed by atoms with Crippen molar-refractivity contribution in [1.29, 1.82) is 0 Å². The van der Waals surface area contributed by atoms with Gasteiger partial charge in [0.2, 0.25) is 0 Å². The second kappa shape index (κ2) is 5.62. The number of nitrogens with zero attached hydrogens (tertiary/aromatic N) is 2. The molecule has 0 atom stereocenters. The zero-order chi connectivity index (χ0) is 13.1. The molecule has 6 heteroatoms. The molecule has 0 spiro atoms. The molecule has 1 heterocycles. The fourth-order valence-corrected chi connectivity index (χ4v) is 1.37. The maximum atomic E-state index is 8.99. The topological polar surface area (TPSA) is 78.3 Å². The normalized spacial score (nSPS) is 11.9. The first-order valence-corrected chi connectivity index (χ1v) is 5.78. The summed E-state index contributed by atoms with van der Waals surface area (Å²) in [7, 11) is 0. The minimum Gasteiger partial charge on any atom is -0.394 e. The van der Waals surface area contributed by atoms with Crippen LogP contribution in [0.4, 0.5) is 5.82 Å². The molecule has 0 amide bonds. The second-order valence-electron chi connectivity index (χ2n) is 4.86. The van der Waals surface area contributed by atoms with Crippen LogP contribution in [0.5, 0.6) is 0 Å². The highest BCUT2D eigenvalue weighted by molar-refractivity contribution is 6.29. The third kappa shape index (κ3) is 4.11. The molecule has 1 rings (SSSR count). The molecule has 0 bridgehead atoms. The van der Waals surface area contributed by atoms with E-state index in [1.807, 2.05) is 20.8 Å². The smallest absolute Gasteiger partial charge is 0.137 e. The van der Waals surface area contributed by atoms with Gasteiger partial charge in [-0.05, 0) is 0 Å². The minimum atomic E-state index is -0.450. The molecular weight excluding hydrogens is 242 g/mol. The molecule has 0 fully saturated rings. The average Bonchev–Trinajstić information content (AvgIpc) is 2.24. The molecule has 0 aliphatic rings. The number of halogens is 1. The van der Waals surface area contributed by atoms with Crippen LogP contribution in [0.1, 0.15) is 26.6 Å². The van der Waals surface area contributed by atoms with Gasteiger partial charge in [0.05, 0.1) is 19.3 Å². The summed E-state index contributed by atoms with van der Waals surface area (Å²) in [5, 5.41) is 21.2. The van der Waals surface area contributed by atoms with Gasteiger partial charge < -0.3 is 15.5 Å². The monoisotopic (exact) mass is 259 g/mol. The van der Waals surface area contributed by atoms with Crippen LogP contribution < -0.4 is 5.32 Å². The third-order valence-corrected chi connectivity index (χ3v) is 2.35. The first kappa shape index (κ1) is 14.2. The Labute approximate surface area is 106 Å². The summed E-state index contributed by atoms with van der Waals surface area (Å²) < 4.78 is 0. The van der Waals surface area contributed by atoms with Gasteiger partial charge in [-0.1, -0.05) is 32.4 Å². The second-order valence-corrected chi connectivity index (χ2v) is 5.24. The Bertz CT molecular complexity index is 375. The number of hydrogen-bond acceptors (Lipinski definition) is 5. The standard InChI is InChI=1S/C11H18ClN3O2/c1-11(2,3)10-14-8(12)4-9(15-10)13-7(5-16)6-17/h4,7,16-17H,5-6H2,1-3H3,(H,13,14,15). The molecule has 0 saturated heterocycles. The predicted octanol–water partition coefficient (Wildman–Crippen LogP) is 1.19. The molecule has 96 valence electrons. The molecule has 0 radical (unpaired) electrons. The lowest BCUT2D eigenvalue weighted by Gasteiger charge is -2.19. The third-order valence-electron chi connectivity index (χ3n) is 2.16. The van der Waals surface area contributed by atoms with Gasteiger partial charge in [-0.2, -0.15) is 0 Å². The van der Waals surface area contributed by atoms with Crippen molar-refractivity contribution in [1.82, 2.24) is 9.97 Å². The zero-order valence-electron chi connectivity index (χ0n) is 10.2. The molecule has 3 N–H and O–H groups in total. The van der Waals surface area contributed by atoms with E-state index in [0.717, 1.165) is 0 Å².